The molecule has 29 heavy (non-hydrogen) atoms. The number of carbonyl (C=O) groups is 1. The largest absolute Gasteiger partial charge is 0.493 e. The van der Waals surface area contributed by atoms with Crippen LogP contribution in [0.15, 0.2) is 42.7 Å². The van der Waals surface area contributed by atoms with Crippen LogP contribution in [-0.2, 0) is 11.2 Å². The van der Waals surface area contributed by atoms with Gasteiger partial charge in [-0.15, -0.1) is 10.2 Å². The van der Waals surface area contributed by atoms with Crippen LogP contribution < -0.4 is 14.4 Å². The van der Waals surface area contributed by atoms with Crippen LogP contribution in [-0.4, -0.2) is 41.9 Å². The molecule has 1 amide bonds. The third-order valence-electron chi connectivity index (χ3n) is 4.22. The van der Waals surface area contributed by atoms with Crippen molar-refractivity contribution >= 4 is 22.4 Å². The first kappa shape index (κ1) is 20.7. The lowest BCUT2D eigenvalue weighted by Crippen LogP contribution is -2.35. The van der Waals surface area contributed by atoms with Gasteiger partial charge in [0.05, 0.1) is 20.6 Å². The van der Waals surface area contributed by atoms with E-state index in [2.05, 4.69) is 29.0 Å². The quantitative estimate of drug-likeness (QED) is 0.559. The summed E-state index contributed by atoms with van der Waals surface area (Å²) in [5.74, 6) is 1.49. The van der Waals surface area contributed by atoms with E-state index in [0.717, 1.165) is 16.1 Å². The molecule has 0 bridgehead atoms. The van der Waals surface area contributed by atoms with Crippen molar-refractivity contribution in [1.82, 2.24) is 15.2 Å². The summed E-state index contributed by atoms with van der Waals surface area (Å²) in [7, 11) is 3.17. The van der Waals surface area contributed by atoms with Crippen LogP contribution in [0.4, 0.5) is 5.13 Å². The molecule has 152 valence electrons. The van der Waals surface area contributed by atoms with Crippen LogP contribution in [0.25, 0.3) is 10.6 Å². The van der Waals surface area contributed by atoms with Gasteiger partial charge in [0.25, 0.3) is 0 Å². The first-order valence-corrected chi connectivity index (χ1v) is 10.1. The Labute approximate surface area is 174 Å². The Balaban J connectivity index is 1.83. The summed E-state index contributed by atoms with van der Waals surface area (Å²) in [6.07, 6.45) is 3.66. The van der Waals surface area contributed by atoms with Crippen LogP contribution in [0, 0.1) is 5.92 Å². The molecule has 0 fully saturated rings. The summed E-state index contributed by atoms with van der Waals surface area (Å²) in [4.78, 5) is 18.9. The highest BCUT2D eigenvalue weighted by atomic mass is 32.1. The highest BCUT2D eigenvalue weighted by Gasteiger charge is 2.22. The van der Waals surface area contributed by atoms with Crippen molar-refractivity contribution in [3.05, 3.63) is 48.3 Å². The average Bonchev–Trinajstić information content (AvgIpc) is 3.22. The fourth-order valence-corrected chi connectivity index (χ4v) is 3.72. The molecule has 0 aliphatic rings. The standard InChI is InChI=1S/C21H24N4O3S/c1-14(2)13-25(21-24-23-20(29-21)16-7-9-22-10-8-16)19(26)12-15-5-6-17(27-3)18(11-15)28-4/h5-11,14H,12-13H2,1-4H3. The molecule has 7 nitrogen and oxygen atoms in total. The van der Waals surface area contributed by atoms with Gasteiger partial charge in [-0.05, 0) is 35.7 Å². The zero-order valence-electron chi connectivity index (χ0n) is 17.0. The van der Waals surface area contributed by atoms with Gasteiger partial charge < -0.3 is 9.47 Å². The molecule has 0 radical (unpaired) electrons. The van der Waals surface area contributed by atoms with Gasteiger partial charge in [-0.3, -0.25) is 14.7 Å². The highest BCUT2D eigenvalue weighted by Crippen LogP contribution is 2.31. The van der Waals surface area contributed by atoms with Crippen LogP contribution in [0.3, 0.4) is 0 Å². The van der Waals surface area contributed by atoms with Gasteiger partial charge in [0, 0.05) is 24.5 Å². The van der Waals surface area contributed by atoms with Crippen LogP contribution in [0.2, 0.25) is 0 Å². The normalized spacial score (nSPS) is 10.8. The number of hydrogen-bond acceptors (Lipinski definition) is 7. The van der Waals surface area contributed by atoms with E-state index >= 15 is 0 Å². The third-order valence-corrected chi connectivity index (χ3v) is 5.22. The van der Waals surface area contributed by atoms with Crippen molar-refractivity contribution < 1.29 is 14.3 Å². The Morgan fingerprint density at radius 2 is 1.79 bits per heavy atom. The summed E-state index contributed by atoms with van der Waals surface area (Å²) < 4.78 is 10.6. The summed E-state index contributed by atoms with van der Waals surface area (Å²) in [5.41, 5.74) is 1.78. The molecule has 1 aromatic carbocycles. The maximum atomic E-state index is 13.1. The molecule has 3 aromatic rings. The molecular weight excluding hydrogens is 388 g/mol. The van der Waals surface area contributed by atoms with Crippen molar-refractivity contribution in [3.63, 3.8) is 0 Å². The van der Waals surface area contributed by atoms with Gasteiger partial charge in [-0.25, -0.2) is 0 Å². The first-order valence-electron chi connectivity index (χ1n) is 9.27. The fourth-order valence-electron chi connectivity index (χ4n) is 2.85. The van der Waals surface area contributed by atoms with E-state index in [-0.39, 0.29) is 18.2 Å². The van der Waals surface area contributed by atoms with Gasteiger partial charge in [-0.2, -0.15) is 0 Å². The number of aromatic nitrogens is 3. The number of carbonyl (C=O) groups excluding carboxylic acids is 1. The number of benzene rings is 1. The molecule has 3 rings (SSSR count). The minimum atomic E-state index is -0.0386. The molecule has 0 unspecified atom stereocenters. The summed E-state index contributed by atoms with van der Waals surface area (Å²) in [6, 6.07) is 9.26. The Bertz CT molecular complexity index is 960. The van der Waals surface area contributed by atoms with Crippen LogP contribution in [0.1, 0.15) is 19.4 Å². The Kier molecular flexibility index (Phi) is 6.77. The zero-order chi connectivity index (χ0) is 20.8. The molecule has 0 aliphatic heterocycles. The minimum Gasteiger partial charge on any atom is -0.493 e. The van der Waals surface area contributed by atoms with Crippen molar-refractivity contribution in [3.8, 4) is 22.1 Å². The van der Waals surface area contributed by atoms with E-state index in [0.29, 0.717) is 23.2 Å². The molecule has 0 saturated heterocycles. The molecule has 8 heteroatoms. The number of ether oxygens (including phenoxy) is 2. The molecule has 0 aliphatic carbocycles. The van der Waals surface area contributed by atoms with Crippen molar-refractivity contribution in [2.45, 2.75) is 20.3 Å². The average molecular weight is 413 g/mol. The number of rotatable bonds is 8. The number of anilines is 1. The Morgan fingerprint density at radius 1 is 1.07 bits per heavy atom. The molecule has 0 saturated carbocycles. The second kappa shape index (κ2) is 9.47. The lowest BCUT2D eigenvalue weighted by Gasteiger charge is -2.21. The van der Waals surface area contributed by atoms with Gasteiger partial charge in [0.1, 0.15) is 5.01 Å². The van der Waals surface area contributed by atoms with E-state index in [1.54, 1.807) is 37.6 Å². The molecule has 2 aromatic heterocycles. The maximum absolute atomic E-state index is 13.1. The number of hydrogen-bond donors (Lipinski definition) is 0. The van der Waals surface area contributed by atoms with E-state index in [9.17, 15) is 4.79 Å². The fraction of sp³-hybridized carbons (Fsp3) is 0.333. The maximum Gasteiger partial charge on any atom is 0.233 e. The van der Waals surface area contributed by atoms with Crippen LogP contribution in [0.5, 0.6) is 11.5 Å². The second-order valence-electron chi connectivity index (χ2n) is 6.89. The molecule has 0 spiro atoms. The molecule has 0 atom stereocenters. The zero-order valence-corrected chi connectivity index (χ0v) is 17.8. The topological polar surface area (TPSA) is 77.4 Å². The van der Waals surface area contributed by atoms with Gasteiger partial charge in [0.2, 0.25) is 11.0 Å². The summed E-state index contributed by atoms with van der Waals surface area (Å²) in [6.45, 7) is 4.71. The van der Waals surface area contributed by atoms with Crippen molar-refractivity contribution in [1.29, 1.82) is 0 Å². The predicted molar refractivity (Wildman–Crippen MR) is 114 cm³/mol. The number of methoxy groups -OCH3 is 2. The van der Waals surface area contributed by atoms with Crippen LogP contribution >= 0.6 is 11.3 Å². The smallest absolute Gasteiger partial charge is 0.233 e. The number of amides is 1. The SMILES string of the molecule is COc1ccc(CC(=O)N(CC(C)C)c2nnc(-c3ccncc3)s2)cc1OC. The third kappa shape index (κ3) is 5.08. The van der Waals surface area contributed by atoms with Crippen molar-refractivity contribution in [2.75, 3.05) is 25.7 Å². The Hall–Kier alpha value is -3.00. The molecule has 2 heterocycles. The highest BCUT2D eigenvalue weighted by molar-refractivity contribution is 7.18. The molecule has 0 N–H and O–H groups in total. The minimum absolute atomic E-state index is 0.0386. The predicted octanol–water partition coefficient (Wildman–Crippen LogP) is 3.85. The van der Waals surface area contributed by atoms with Gasteiger partial charge in [0.15, 0.2) is 11.5 Å². The first-order chi connectivity index (χ1) is 14.0. The Morgan fingerprint density at radius 3 is 2.45 bits per heavy atom. The van der Waals surface area contributed by atoms with E-state index in [1.165, 1.54) is 11.3 Å². The summed E-state index contributed by atoms with van der Waals surface area (Å²) in [5, 5.41) is 9.90. The van der Waals surface area contributed by atoms with Gasteiger partial charge in [-0.1, -0.05) is 31.3 Å². The lowest BCUT2D eigenvalue weighted by atomic mass is 10.1. The van der Waals surface area contributed by atoms with Crippen molar-refractivity contribution in [2.24, 2.45) is 5.92 Å². The van der Waals surface area contributed by atoms with E-state index in [1.807, 2.05) is 24.3 Å². The molecular formula is C21H24N4O3S. The van der Waals surface area contributed by atoms with E-state index in [4.69, 9.17) is 9.47 Å². The summed E-state index contributed by atoms with van der Waals surface area (Å²) >= 11 is 1.40. The lowest BCUT2D eigenvalue weighted by molar-refractivity contribution is -0.118. The second-order valence-corrected chi connectivity index (χ2v) is 7.85. The monoisotopic (exact) mass is 412 g/mol. The number of nitrogens with zero attached hydrogens (tertiary/aromatic N) is 4. The van der Waals surface area contributed by atoms with Gasteiger partial charge >= 0.3 is 0 Å². The number of pyridine rings is 1. The van der Waals surface area contributed by atoms with E-state index < -0.39 is 0 Å².